The topological polar surface area (TPSA) is 94.6 Å². The molecule has 0 saturated heterocycles. The number of nitrogens with zero attached hydrogens (tertiary/aromatic N) is 2. The van der Waals surface area contributed by atoms with Gasteiger partial charge in [-0.25, -0.2) is 4.79 Å². The van der Waals surface area contributed by atoms with Crippen molar-refractivity contribution in [3.63, 3.8) is 0 Å². The minimum absolute atomic E-state index is 0.0280. The molecule has 9 nitrogen and oxygen atoms in total. The minimum Gasteiger partial charge on any atom is -0.465 e. The number of rotatable bonds is 40. The summed E-state index contributed by atoms with van der Waals surface area (Å²) in [7, 11) is 0. The van der Waals surface area contributed by atoms with E-state index >= 15 is 0 Å². The molecular formula is C47H90N2O7. The number of unbranched alkanes of at least 4 members (excludes halogenated alkanes) is 10. The van der Waals surface area contributed by atoms with E-state index in [0.29, 0.717) is 44.4 Å². The zero-order valence-electron chi connectivity index (χ0n) is 37.8. The number of esters is 2. The molecule has 3 atom stereocenters. The number of likely N-dealkylation sites (N-methyl/N-ethyl adjacent to an activating group) is 2. The second kappa shape index (κ2) is 39.7. The first-order valence-corrected chi connectivity index (χ1v) is 23.5. The van der Waals surface area contributed by atoms with E-state index in [-0.39, 0.29) is 25.0 Å². The Kier molecular flexibility index (Phi) is 38.2. The van der Waals surface area contributed by atoms with E-state index in [1.165, 1.54) is 64.2 Å². The maximum atomic E-state index is 13.1. The Morgan fingerprint density at radius 1 is 0.500 bits per heavy atom. The summed E-state index contributed by atoms with van der Waals surface area (Å²) in [6, 6.07) is 0. The maximum Gasteiger partial charge on any atom is 0.508 e. The average Bonchev–Trinajstić information content (AvgIpc) is 3.19. The molecule has 9 heteroatoms. The number of ether oxygens (including phenoxy) is 4. The molecule has 56 heavy (non-hydrogen) atoms. The van der Waals surface area contributed by atoms with Gasteiger partial charge in [0.1, 0.15) is 12.7 Å². The zero-order chi connectivity index (χ0) is 41.5. The molecule has 0 aromatic rings. The lowest BCUT2D eigenvalue weighted by atomic mass is 9.96. The quantitative estimate of drug-likeness (QED) is 0.0260. The van der Waals surface area contributed by atoms with Crippen molar-refractivity contribution in [2.24, 2.45) is 11.8 Å². The van der Waals surface area contributed by atoms with Crippen molar-refractivity contribution in [2.45, 2.75) is 202 Å². The van der Waals surface area contributed by atoms with Gasteiger partial charge in [-0.15, -0.1) is 0 Å². The fourth-order valence-corrected chi connectivity index (χ4v) is 7.01. The fourth-order valence-electron chi connectivity index (χ4n) is 7.01. The molecule has 0 aliphatic rings. The van der Waals surface area contributed by atoms with E-state index < -0.39 is 12.3 Å². The van der Waals surface area contributed by atoms with Gasteiger partial charge in [-0.2, -0.15) is 0 Å². The fraction of sp³-hybridized carbons (Fsp3) is 0.894. The van der Waals surface area contributed by atoms with Crippen LogP contribution in [0.1, 0.15) is 196 Å². The van der Waals surface area contributed by atoms with Crippen LogP contribution in [-0.4, -0.2) is 93.1 Å². The molecule has 0 radical (unpaired) electrons. The number of allylic oxidation sites excluding steroid dienone is 2. The third kappa shape index (κ3) is 32.9. The molecule has 0 N–H and O–H groups in total. The van der Waals surface area contributed by atoms with Crippen LogP contribution in [0.25, 0.3) is 0 Å². The highest BCUT2D eigenvalue weighted by Gasteiger charge is 2.22. The van der Waals surface area contributed by atoms with Crippen molar-refractivity contribution in [1.29, 1.82) is 0 Å². The van der Waals surface area contributed by atoms with Crippen LogP contribution in [0.5, 0.6) is 0 Å². The first-order chi connectivity index (χ1) is 27.3. The van der Waals surface area contributed by atoms with Gasteiger partial charge in [-0.1, -0.05) is 138 Å². The molecule has 0 fully saturated rings. The average molecular weight is 795 g/mol. The van der Waals surface area contributed by atoms with E-state index in [4.69, 9.17) is 18.9 Å². The van der Waals surface area contributed by atoms with Crippen molar-refractivity contribution in [1.82, 2.24) is 9.80 Å². The molecule has 0 saturated carbocycles. The van der Waals surface area contributed by atoms with Crippen molar-refractivity contribution < 1.29 is 33.3 Å². The molecule has 0 bridgehead atoms. The Hall–Kier alpha value is -2.13. The summed E-state index contributed by atoms with van der Waals surface area (Å²) in [6.45, 7) is 22.0. The van der Waals surface area contributed by atoms with Gasteiger partial charge >= 0.3 is 18.1 Å². The lowest BCUT2D eigenvalue weighted by molar-refractivity contribution is -0.148. The molecule has 0 aliphatic carbocycles. The summed E-state index contributed by atoms with van der Waals surface area (Å²) in [5.41, 5.74) is 0. The van der Waals surface area contributed by atoms with Gasteiger partial charge in [0.2, 0.25) is 0 Å². The van der Waals surface area contributed by atoms with E-state index in [1.54, 1.807) is 0 Å². The lowest BCUT2D eigenvalue weighted by Crippen LogP contribution is -2.37. The number of hydrogen-bond donors (Lipinski definition) is 0. The standard InChI is InChI=1S/C47H90N2O7/c1-8-15-19-25-31-42(29-17-10-3)40-54-45(50)34-28-24-22-21-23-27-33-44(39-46(51)55-41-43(30-18-11-4)32-26-20-16-9-2)56-47(52)53-38-37-49(14-7)36-35-48(12-5)13-6/h21-22,42-44H,8-20,23-41H2,1-7H3/b22-21+. The summed E-state index contributed by atoms with van der Waals surface area (Å²) < 4.78 is 22.7. The van der Waals surface area contributed by atoms with Crippen molar-refractivity contribution in [3.8, 4) is 0 Å². The van der Waals surface area contributed by atoms with Crippen LogP contribution in [0.2, 0.25) is 0 Å². The van der Waals surface area contributed by atoms with Crippen LogP contribution in [0.3, 0.4) is 0 Å². The largest absolute Gasteiger partial charge is 0.508 e. The minimum atomic E-state index is -0.727. The van der Waals surface area contributed by atoms with Gasteiger partial charge < -0.3 is 23.8 Å². The molecule has 0 aromatic carbocycles. The van der Waals surface area contributed by atoms with Gasteiger partial charge in [-0.05, 0) is 89.3 Å². The van der Waals surface area contributed by atoms with Gasteiger partial charge in [0.15, 0.2) is 0 Å². The second-order valence-corrected chi connectivity index (χ2v) is 15.9. The van der Waals surface area contributed by atoms with Gasteiger partial charge in [-0.3, -0.25) is 14.5 Å². The van der Waals surface area contributed by atoms with Crippen LogP contribution in [0.15, 0.2) is 12.2 Å². The normalized spacial score (nSPS) is 13.3. The summed E-state index contributed by atoms with van der Waals surface area (Å²) in [5.74, 6) is 0.442. The number of carbonyl (C=O) groups is 3. The first-order valence-electron chi connectivity index (χ1n) is 23.5. The highest BCUT2D eigenvalue weighted by molar-refractivity contribution is 5.70. The molecule has 0 spiro atoms. The second-order valence-electron chi connectivity index (χ2n) is 15.9. The maximum absolute atomic E-state index is 13.1. The summed E-state index contributed by atoms with van der Waals surface area (Å²) in [5, 5.41) is 0. The third-order valence-electron chi connectivity index (χ3n) is 11.0. The molecule has 0 aliphatic heterocycles. The van der Waals surface area contributed by atoms with Gasteiger partial charge in [0, 0.05) is 26.1 Å². The predicted molar refractivity (Wildman–Crippen MR) is 233 cm³/mol. The SMILES string of the molecule is CCCCCCC(CCCC)COC(=O)CCC/C=C/CCCC(CC(=O)OCC(CCCC)CCCCCC)OC(=O)OCCN(CC)CCN(CC)CC. The highest BCUT2D eigenvalue weighted by atomic mass is 16.7. The summed E-state index contributed by atoms with van der Waals surface area (Å²) >= 11 is 0. The predicted octanol–water partition coefficient (Wildman–Crippen LogP) is 12.1. The molecule has 330 valence electrons. The van der Waals surface area contributed by atoms with Gasteiger partial charge in [0.25, 0.3) is 0 Å². The van der Waals surface area contributed by atoms with Crippen molar-refractivity contribution >= 4 is 18.1 Å². The van der Waals surface area contributed by atoms with E-state index in [9.17, 15) is 14.4 Å². The summed E-state index contributed by atoms with van der Waals surface area (Å²) in [6.07, 6.45) is 25.9. The smallest absolute Gasteiger partial charge is 0.465 e. The first kappa shape index (κ1) is 53.9. The Balaban J connectivity index is 4.95. The molecule has 0 heterocycles. The summed E-state index contributed by atoms with van der Waals surface area (Å²) in [4.78, 5) is 42.9. The third-order valence-corrected chi connectivity index (χ3v) is 11.0. The molecule has 3 unspecified atom stereocenters. The lowest BCUT2D eigenvalue weighted by Gasteiger charge is -2.25. The Morgan fingerprint density at radius 3 is 1.54 bits per heavy atom. The molecule has 0 amide bonds. The van der Waals surface area contributed by atoms with Crippen molar-refractivity contribution in [2.75, 3.05) is 59.1 Å². The molecule has 0 aromatic heterocycles. The zero-order valence-corrected chi connectivity index (χ0v) is 37.8. The van der Waals surface area contributed by atoms with E-state index in [0.717, 1.165) is 96.9 Å². The van der Waals surface area contributed by atoms with Crippen LogP contribution in [-0.2, 0) is 28.5 Å². The Labute approximate surface area is 345 Å². The van der Waals surface area contributed by atoms with Gasteiger partial charge in [0.05, 0.1) is 19.6 Å². The van der Waals surface area contributed by atoms with Crippen LogP contribution >= 0.6 is 0 Å². The van der Waals surface area contributed by atoms with Crippen LogP contribution in [0.4, 0.5) is 4.79 Å². The van der Waals surface area contributed by atoms with E-state index in [2.05, 4.69) is 70.4 Å². The Morgan fingerprint density at radius 2 is 1.00 bits per heavy atom. The number of carbonyl (C=O) groups excluding carboxylic acids is 3. The Bertz CT molecular complexity index is 941. The molecular weight excluding hydrogens is 705 g/mol. The van der Waals surface area contributed by atoms with Crippen LogP contribution in [0, 0.1) is 11.8 Å². The molecule has 0 rings (SSSR count). The van der Waals surface area contributed by atoms with Crippen molar-refractivity contribution in [3.05, 3.63) is 12.2 Å². The van der Waals surface area contributed by atoms with E-state index in [1.807, 2.05) is 0 Å². The highest BCUT2D eigenvalue weighted by Crippen LogP contribution is 2.20. The van der Waals surface area contributed by atoms with Crippen LogP contribution < -0.4 is 0 Å². The monoisotopic (exact) mass is 795 g/mol. The number of hydrogen-bond acceptors (Lipinski definition) is 9.